The number of likely N-dealkylation sites (tertiary alicyclic amines) is 1. The summed E-state index contributed by atoms with van der Waals surface area (Å²) in [7, 11) is 0. The van der Waals surface area contributed by atoms with E-state index in [1.54, 1.807) is 0 Å². The van der Waals surface area contributed by atoms with Crippen molar-refractivity contribution in [2.24, 2.45) is 5.41 Å². The highest BCUT2D eigenvalue weighted by molar-refractivity contribution is 5.10. The second kappa shape index (κ2) is 2.64. The van der Waals surface area contributed by atoms with Crippen LogP contribution >= 0.6 is 0 Å². The fourth-order valence-electron chi connectivity index (χ4n) is 2.15. The highest BCUT2D eigenvalue weighted by Gasteiger charge is 2.63. The van der Waals surface area contributed by atoms with Crippen LogP contribution in [0.4, 0.5) is 8.78 Å². The monoisotopic (exact) mass is 190 g/mol. The summed E-state index contributed by atoms with van der Waals surface area (Å²) in [6.07, 6.45) is 0. The molecule has 2 rings (SSSR count). The number of halogens is 2. The van der Waals surface area contributed by atoms with E-state index in [9.17, 15) is 8.78 Å². The van der Waals surface area contributed by atoms with Gasteiger partial charge in [-0.25, -0.2) is 8.78 Å². The summed E-state index contributed by atoms with van der Waals surface area (Å²) >= 11 is 0. The first-order chi connectivity index (χ1) is 5.97. The van der Waals surface area contributed by atoms with Gasteiger partial charge >= 0.3 is 0 Å². The maximum atomic E-state index is 13.6. The third-order valence-corrected chi connectivity index (χ3v) is 3.34. The van der Waals surface area contributed by atoms with Crippen LogP contribution in [-0.4, -0.2) is 43.0 Å². The molecule has 76 valence electrons. The van der Waals surface area contributed by atoms with E-state index in [0.29, 0.717) is 19.6 Å². The molecule has 1 spiro atoms. The van der Waals surface area contributed by atoms with Gasteiger partial charge in [0.1, 0.15) is 0 Å². The van der Waals surface area contributed by atoms with E-state index in [1.807, 2.05) is 18.7 Å². The lowest BCUT2D eigenvalue weighted by atomic mass is 9.78. The van der Waals surface area contributed by atoms with E-state index in [-0.39, 0.29) is 12.6 Å². The van der Waals surface area contributed by atoms with Gasteiger partial charge in [0.2, 0.25) is 0 Å². The lowest BCUT2D eigenvalue weighted by molar-refractivity contribution is -0.108. The SMILES string of the molecule is CC(C)N1CC(F)(F)C2(CNC2)C1. The molecule has 0 unspecified atom stereocenters. The fourth-order valence-corrected chi connectivity index (χ4v) is 2.15. The number of hydrogen-bond donors (Lipinski definition) is 1. The average Bonchev–Trinajstić information content (AvgIpc) is 2.19. The van der Waals surface area contributed by atoms with Gasteiger partial charge in [0.15, 0.2) is 0 Å². The molecule has 0 aromatic heterocycles. The molecule has 0 radical (unpaired) electrons. The Morgan fingerprint density at radius 1 is 1.23 bits per heavy atom. The summed E-state index contributed by atoms with van der Waals surface area (Å²) in [5.74, 6) is -2.50. The molecule has 2 saturated heterocycles. The molecule has 4 heteroatoms. The van der Waals surface area contributed by atoms with Crippen LogP contribution in [0.3, 0.4) is 0 Å². The Morgan fingerprint density at radius 2 is 1.85 bits per heavy atom. The van der Waals surface area contributed by atoms with Crippen LogP contribution in [0.1, 0.15) is 13.8 Å². The van der Waals surface area contributed by atoms with Crippen LogP contribution in [-0.2, 0) is 0 Å². The minimum atomic E-state index is -2.50. The molecule has 1 N–H and O–H groups in total. The minimum absolute atomic E-state index is 0.0631. The van der Waals surface area contributed by atoms with E-state index < -0.39 is 11.3 Å². The molecule has 2 nitrogen and oxygen atoms in total. The van der Waals surface area contributed by atoms with E-state index in [0.717, 1.165) is 0 Å². The molecule has 2 aliphatic heterocycles. The van der Waals surface area contributed by atoms with Gasteiger partial charge in [0.25, 0.3) is 5.92 Å². The Kier molecular flexibility index (Phi) is 1.90. The summed E-state index contributed by atoms with van der Waals surface area (Å²) in [4.78, 5) is 1.88. The quantitative estimate of drug-likeness (QED) is 0.662. The summed E-state index contributed by atoms with van der Waals surface area (Å²) in [5.41, 5.74) is -0.753. The van der Waals surface area contributed by atoms with E-state index in [2.05, 4.69) is 5.32 Å². The Hall–Kier alpha value is -0.220. The van der Waals surface area contributed by atoms with E-state index in [1.165, 1.54) is 0 Å². The van der Waals surface area contributed by atoms with Gasteiger partial charge in [0.05, 0.1) is 12.0 Å². The number of nitrogens with one attached hydrogen (secondary N) is 1. The van der Waals surface area contributed by atoms with Gasteiger partial charge in [-0.05, 0) is 13.8 Å². The average molecular weight is 190 g/mol. The molecule has 2 fully saturated rings. The van der Waals surface area contributed by atoms with Gasteiger partial charge in [-0.1, -0.05) is 0 Å². The van der Waals surface area contributed by atoms with Crippen molar-refractivity contribution in [3.05, 3.63) is 0 Å². The normalized spacial score (nSPS) is 31.2. The molecule has 0 saturated carbocycles. The Labute approximate surface area is 77.3 Å². The predicted molar refractivity (Wildman–Crippen MR) is 47.0 cm³/mol. The first-order valence-corrected chi connectivity index (χ1v) is 4.79. The van der Waals surface area contributed by atoms with E-state index >= 15 is 0 Å². The van der Waals surface area contributed by atoms with Crippen molar-refractivity contribution in [3.8, 4) is 0 Å². The first kappa shape index (κ1) is 9.34. The lowest BCUT2D eigenvalue weighted by Gasteiger charge is -2.42. The highest BCUT2D eigenvalue weighted by Crippen LogP contribution is 2.46. The third kappa shape index (κ3) is 1.19. The summed E-state index contributed by atoms with van der Waals surface area (Å²) in [6.45, 7) is 5.38. The molecule has 2 heterocycles. The summed E-state index contributed by atoms with van der Waals surface area (Å²) in [6, 6.07) is 0.228. The predicted octanol–water partition coefficient (Wildman–Crippen LogP) is 0.935. The van der Waals surface area contributed by atoms with Crippen LogP contribution in [0.15, 0.2) is 0 Å². The Morgan fingerprint density at radius 3 is 2.08 bits per heavy atom. The zero-order chi connectivity index (χ0) is 9.69. The molecular weight excluding hydrogens is 174 g/mol. The maximum Gasteiger partial charge on any atom is 0.269 e. The molecular formula is C9H16F2N2. The highest BCUT2D eigenvalue weighted by atomic mass is 19.3. The zero-order valence-electron chi connectivity index (χ0n) is 8.11. The third-order valence-electron chi connectivity index (χ3n) is 3.34. The van der Waals surface area contributed by atoms with Crippen LogP contribution in [0.5, 0.6) is 0 Å². The topological polar surface area (TPSA) is 15.3 Å². The van der Waals surface area contributed by atoms with Crippen molar-refractivity contribution in [1.29, 1.82) is 0 Å². The van der Waals surface area contributed by atoms with Crippen molar-refractivity contribution in [2.45, 2.75) is 25.8 Å². The molecule has 13 heavy (non-hydrogen) atoms. The molecule has 0 amide bonds. The molecule has 0 bridgehead atoms. The van der Waals surface area contributed by atoms with Gasteiger partial charge in [-0.2, -0.15) is 0 Å². The van der Waals surface area contributed by atoms with Crippen molar-refractivity contribution in [3.63, 3.8) is 0 Å². The molecule has 0 atom stereocenters. The second-order valence-corrected chi connectivity index (χ2v) is 4.59. The van der Waals surface area contributed by atoms with Crippen LogP contribution in [0, 0.1) is 5.41 Å². The van der Waals surface area contributed by atoms with Crippen molar-refractivity contribution < 1.29 is 8.78 Å². The first-order valence-electron chi connectivity index (χ1n) is 4.79. The molecule has 0 aliphatic carbocycles. The minimum Gasteiger partial charge on any atom is -0.315 e. The van der Waals surface area contributed by atoms with Gasteiger partial charge in [-0.15, -0.1) is 0 Å². The number of hydrogen-bond acceptors (Lipinski definition) is 2. The van der Waals surface area contributed by atoms with Crippen LogP contribution < -0.4 is 5.32 Å². The lowest BCUT2D eigenvalue weighted by Crippen LogP contribution is -2.62. The Bertz CT molecular complexity index is 212. The Balaban J connectivity index is 2.14. The standard InChI is InChI=1S/C9H16F2N2/c1-7(2)13-5-8(3-12-4-8)9(10,11)6-13/h7,12H,3-6H2,1-2H3. The van der Waals surface area contributed by atoms with Gasteiger partial charge in [-0.3, -0.25) is 4.90 Å². The van der Waals surface area contributed by atoms with Gasteiger partial charge in [0, 0.05) is 25.7 Å². The number of alkyl halides is 2. The van der Waals surface area contributed by atoms with Crippen molar-refractivity contribution in [1.82, 2.24) is 10.2 Å². The second-order valence-electron chi connectivity index (χ2n) is 4.59. The summed E-state index contributed by atoms with van der Waals surface area (Å²) < 4.78 is 27.1. The maximum absolute atomic E-state index is 13.6. The van der Waals surface area contributed by atoms with Crippen LogP contribution in [0.2, 0.25) is 0 Å². The zero-order valence-corrected chi connectivity index (χ0v) is 8.11. The molecule has 2 aliphatic rings. The molecule has 0 aromatic rings. The van der Waals surface area contributed by atoms with Crippen molar-refractivity contribution >= 4 is 0 Å². The number of nitrogens with zero attached hydrogens (tertiary/aromatic N) is 1. The fraction of sp³-hybridized carbons (Fsp3) is 1.00. The van der Waals surface area contributed by atoms with Crippen LogP contribution in [0.25, 0.3) is 0 Å². The van der Waals surface area contributed by atoms with Gasteiger partial charge < -0.3 is 5.32 Å². The van der Waals surface area contributed by atoms with E-state index in [4.69, 9.17) is 0 Å². The largest absolute Gasteiger partial charge is 0.315 e. The summed E-state index contributed by atoms with van der Waals surface area (Å²) in [5, 5.41) is 2.95. The van der Waals surface area contributed by atoms with Crippen molar-refractivity contribution in [2.75, 3.05) is 26.2 Å². The number of rotatable bonds is 1. The molecule has 0 aromatic carbocycles. The smallest absolute Gasteiger partial charge is 0.269 e.